The average molecular weight is 527 g/mol. The van der Waals surface area contributed by atoms with Crippen LogP contribution >= 0.6 is 0 Å². The zero-order valence-corrected chi connectivity index (χ0v) is 21.5. The topological polar surface area (TPSA) is 92.8 Å². The summed E-state index contributed by atoms with van der Waals surface area (Å²) >= 11 is 0. The molecular formula is C31H27FN2O5. The lowest BCUT2D eigenvalue weighted by Gasteiger charge is -2.45. The number of hydrogen-bond donors (Lipinski definition) is 1. The molecule has 7 nitrogen and oxygen atoms in total. The minimum Gasteiger partial charge on any atom is -0.454 e. The third-order valence-electron chi connectivity index (χ3n) is 8.11. The lowest BCUT2D eigenvalue weighted by atomic mass is 9.55. The summed E-state index contributed by atoms with van der Waals surface area (Å²) in [5, 5.41) is 2.53. The number of imide groups is 1. The summed E-state index contributed by atoms with van der Waals surface area (Å²) in [7, 11) is 0. The molecule has 39 heavy (non-hydrogen) atoms. The van der Waals surface area contributed by atoms with Gasteiger partial charge in [-0.25, -0.2) is 9.18 Å². The summed E-state index contributed by atoms with van der Waals surface area (Å²) in [5.41, 5.74) is 4.54. The van der Waals surface area contributed by atoms with Crippen LogP contribution in [0.25, 0.3) is 0 Å². The Morgan fingerprint density at radius 2 is 1.28 bits per heavy atom. The van der Waals surface area contributed by atoms with Crippen LogP contribution < -0.4 is 5.32 Å². The standard InChI is InChI=1S/C31H27FN2O5/c1-16(2)28(31(38)39-15-23(35)33-18-13-11-17(32)12-14-18)34-29(36)26-24-19-7-3-4-8-20(19)25(27(26)30(34)37)22-10-6-5-9-21(22)24/h3-14,16,24-28H,15H2,1-2H3,(H,33,35)/t24?,25?,26-,27+,28-/m0/s1. The van der Waals surface area contributed by atoms with Gasteiger partial charge in [0.25, 0.3) is 5.91 Å². The van der Waals surface area contributed by atoms with Gasteiger partial charge in [0.15, 0.2) is 6.61 Å². The van der Waals surface area contributed by atoms with Crippen molar-refractivity contribution in [1.82, 2.24) is 4.90 Å². The molecule has 2 bridgehead atoms. The van der Waals surface area contributed by atoms with Crippen LogP contribution in [0.5, 0.6) is 0 Å². The number of esters is 1. The van der Waals surface area contributed by atoms with E-state index in [1.165, 1.54) is 24.3 Å². The maximum Gasteiger partial charge on any atom is 0.330 e. The number of rotatable bonds is 6. The number of carbonyl (C=O) groups excluding carboxylic acids is 4. The largest absolute Gasteiger partial charge is 0.454 e. The number of benzene rings is 3. The minimum atomic E-state index is -1.17. The lowest BCUT2D eigenvalue weighted by molar-refractivity contribution is -0.162. The van der Waals surface area contributed by atoms with E-state index in [4.69, 9.17) is 4.74 Å². The van der Waals surface area contributed by atoms with Crippen LogP contribution in [0.4, 0.5) is 10.1 Å². The quantitative estimate of drug-likeness (QED) is 0.384. The summed E-state index contributed by atoms with van der Waals surface area (Å²) in [6, 6.07) is 19.9. The fourth-order valence-electron chi connectivity index (χ4n) is 6.60. The number of nitrogens with zero attached hydrogens (tertiary/aromatic N) is 1. The molecule has 0 saturated carbocycles. The zero-order chi connectivity index (χ0) is 27.4. The number of nitrogens with one attached hydrogen (secondary N) is 1. The van der Waals surface area contributed by atoms with E-state index in [9.17, 15) is 23.6 Å². The predicted molar refractivity (Wildman–Crippen MR) is 140 cm³/mol. The van der Waals surface area contributed by atoms with E-state index in [0.717, 1.165) is 27.2 Å². The Labute approximate surface area is 225 Å². The first-order valence-electron chi connectivity index (χ1n) is 13.0. The molecule has 0 aromatic heterocycles. The number of anilines is 1. The first kappa shape index (κ1) is 25.0. The van der Waals surface area contributed by atoms with E-state index in [1.807, 2.05) is 48.5 Å². The highest BCUT2D eigenvalue weighted by Crippen LogP contribution is 2.61. The molecular weight excluding hydrogens is 499 g/mol. The van der Waals surface area contributed by atoms with E-state index >= 15 is 0 Å². The highest BCUT2D eigenvalue weighted by Gasteiger charge is 2.63. The van der Waals surface area contributed by atoms with Crippen molar-refractivity contribution in [2.45, 2.75) is 31.7 Å². The van der Waals surface area contributed by atoms with Crippen molar-refractivity contribution in [2.24, 2.45) is 17.8 Å². The van der Waals surface area contributed by atoms with Gasteiger partial charge in [-0.1, -0.05) is 62.4 Å². The minimum absolute atomic E-state index is 0.279. The van der Waals surface area contributed by atoms with Crippen LogP contribution in [-0.4, -0.2) is 41.2 Å². The number of hydrogen-bond acceptors (Lipinski definition) is 5. The molecule has 1 saturated heterocycles. The molecule has 0 radical (unpaired) electrons. The van der Waals surface area contributed by atoms with Crippen LogP contribution in [0.2, 0.25) is 0 Å². The molecule has 7 rings (SSSR count). The molecule has 3 aliphatic carbocycles. The second kappa shape index (κ2) is 9.45. The SMILES string of the molecule is CC(C)[C@@H](C(=O)OCC(=O)Nc1ccc(F)cc1)N1C(=O)[C@@H]2C3c4ccccc4C(c4ccccc43)[C@@H]2C1=O. The summed E-state index contributed by atoms with van der Waals surface area (Å²) in [4.78, 5) is 54.8. The number of likely N-dealkylation sites (tertiary alicyclic amines) is 1. The number of halogens is 1. The van der Waals surface area contributed by atoms with Gasteiger partial charge in [0.2, 0.25) is 11.8 Å². The van der Waals surface area contributed by atoms with Crippen LogP contribution in [0.15, 0.2) is 72.8 Å². The van der Waals surface area contributed by atoms with E-state index in [2.05, 4.69) is 5.32 Å². The Kier molecular flexibility index (Phi) is 6.05. The molecule has 0 unspecified atom stereocenters. The van der Waals surface area contributed by atoms with Crippen molar-refractivity contribution in [1.29, 1.82) is 0 Å². The molecule has 0 spiro atoms. The predicted octanol–water partition coefficient (Wildman–Crippen LogP) is 4.22. The lowest BCUT2D eigenvalue weighted by Crippen LogP contribution is -2.49. The van der Waals surface area contributed by atoms with Gasteiger partial charge in [0, 0.05) is 17.5 Å². The molecule has 8 heteroatoms. The Morgan fingerprint density at radius 1 is 0.821 bits per heavy atom. The fraction of sp³-hybridized carbons (Fsp3) is 0.290. The molecule has 1 fully saturated rings. The molecule has 1 N–H and O–H groups in total. The molecule has 3 aromatic carbocycles. The van der Waals surface area contributed by atoms with Crippen molar-refractivity contribution in [3.63, 3.8) is 0 Å². The number of amides is 3. The summed E-state index contributed by atoms with van der Waals surface area (Å²) in [6.45, 7) is 2.88. The van der Waals surface area contributed by atoms with Gasteiger partial charge in [-0.05, 0) is 52.4 Å². The van der Waals surface area contributed by atoms with Gasteiger partial charge in [0.05, 0.1) is 11.8 Å². The number of carbonyl (C=O) groups is 4. The van der Waals surface area contributed by atoms with Crippen molar-refractivity contribution in [2.75, 3.05) is 11.9 Å². The first-order valence-corrected chi connectivity index (χ1v) is 13.0. The van der Waals surface area contributed by atoms with Crippen molar-refractivity contribution < 1.29 is 28.3 Å². The Hall–Kier alpha value is -4.33. The first-order chi connectivity index (χ1) is 18.8. The smallest absolute Gasteiger partial charge is 0.330 e. The summed E-state index contributed by atoms with van der Waals surface area (Å²) in [6.07, 6.45) is 0. The Bertz CT molecular complexity index is 1390. The third kappa shape index (κ3) is 3.93. The van der Waals surface area contributed by atoms with Gasteiger partial charge in [-0.2, -0.15) is 0 Å². The van der Waals surface area contributed by atoms with Crippen molar-refractivity contribution >= 4 is 29.4 Å². The highest BCUT2D eigenvalue weighted by atomic mass is 19.1. The van der Waals surface area contributed by atoms with Crippen LogP contribution in [0, 0.1) is 23.6 Å². The monoisotopic (exact) mass is 526 g/mol. The Balaban J connectivity index is 1.26. The molecule has 3 atom stereocenters. The molecule has 4 aliphatic rings. The van der Waals surface area contributed by atoms with Crippen LogP contribution in [-0.2, 0) is 23.9 Å². The normalized spacial score (nSPS) is 23.2. The van der Waals surface area contributed by atoms with Gasteiger partial charge >= 0.3 is 5.97 Å². The van der Waals surface area contributed by atoms with E-state index in [1.54, 1.807) is 13.8 Å². The fourth-order valence-corrected chi connectivity index (χ4v) is 6.60. The average Bonchev–Trinajstić information content (AvgIpc) is 3.19. The molecule has 3 amide bonds. The van der Waals surface area contributed by atoms with Gasteiger partial charge in [-0.15, -0.1) is 0 Å². The van der Waals surface area contributed by atoms with Crippen LogP contribution in [0.3, 0.4) is 0 Å². The number of ether oxygens (including phenoxy) is 1. The maximum atomic E-state index is 14.0. The van der Waals surface area contributed by atoms with Gasteiger partial charge in [0.1, 0.15) is 11.9 Å². The molecule has 198 valence electrons. The summed E-state index contributed by atoms with van der Waals surface area (Å²) < 4.78 is 18.4. The van der Waals surface area contributed by atoms with E-state index in [-0.39, 0.29) is 23.7 Å². The van der Waals surface area contributed by atoms with E-state index in [0.29, 0.717) is 5.69 Å². The Morgan fingerprint density at radius 3 is 1.72 bits per heavy atom. The second-order valence-corrected chi connectivity index (χ2v) is 10.7. The van der Waals surface area contributed by atoms with E-state index < -0.39 is 48.1 Å². The molecule has 1 heterocycles. The van der Waals surface area contributed by atoms with Crippen LogP contribution in [0.1, 0.15) is 47.9 Å². The zero-order valence-electron chi connectivity index (χ0n) is 21.5. The highest BCUT2D eigenvalue weighted by molar-refractivity contribution is 6.10. The van der Waals surface area contributed by atoms with Crippen molar-refractivity contribution in [3.05, 3.63) is 101 Å². The summed E-state index contributed by atoms with van der Waals surface area (Å²) in [5.74, 6) is -4.85. The second-order valence-electron chi connectivity index (χ2n) is 10.7. The third-order valence-corrected chi connectivity index (χ3v) is 8.11. The maximum absolute atomic E-state index is 14.0. The molecule has 3 aromatic rings. The molecule has 1 aliphatic heterocycles. The van der Waals surface area contributed by atoms with Crippen molar-refractivity contribution in [3.8, 4) is 0 Å². The van der Waals surface area contributed by atoms with Gasteiger partial charge in [-0.3, -0.25) is 19.3 Å². The van der Waals surface area contributed by atoms with Gasteiger partial charge < -0.3 is 10.1 Å².